The van der Waals surface area contributed by atoms with Gasteiger partial charge in [-0.05, 0) is 29.9 Å². The minimum atomic E-state index is -3.28. The number of rotatable bonds is 7. The second-order valence-corrected chi connectivity index (χ2v) is 7.84. The molecule has 3 rings (SSSR count). The first kappa shape index (κ1) is 15.2. The molecule has 1 saturated carbocycles. The van der Waals surface area contributed by atoms with E-state index in [1.54, 1.807) is 0 Å². The SMILES string of the molecule is COCc1nocc1CS(=O)(=O)Cc1cccc(C2CC2)c1. The molecule has 6 heteroatoms. The monoisotopic (exact) mass is 321 g/mol. The molecule has 0 spiro atoms. The molecule has 5 nitrogen and oxygen atoms in total. The third-order valence-corrected chi connectivity index (χ3v) is 5.30. The van der Waals surface area contributed by atoms with E-state index in [4.69, 9.17) is 9.26 Å². The molecule has 1 aliphatic rings. The molecule has 0 aliphatic heterocycles. The predicted octanol–water partition coefficient (Wildman–Crippen LogP) is 2.81. The van der Waals surface area contributed by atoms with Crippen LogP contribution in [-0.4, -0.2) is 20.7 Å². The van der Waals surface area contributed by atoms with Crippen LogP contribution in [0.2, 0.25) is 0 Å². The summed E-state index contributed by atoms with van der Waals surface area (Å²) in [7, 11) is -1.74. The predicted molar refractivity (Wildman–Crippen MR) is 82.0 cm³/mol. The van der Waals surface area contributed by atoms with Crippen LogP contribution in [0.15, 0.2) is 35.1 Å². The van der Waals surface area contributed by atoms with Gasteiger partial charge in [-0.2, -0.15) is 0 Å². The minimum absolute atomic E-state index is 0.0329. The van der Waals surface area contributed by atoms with Gasteiger partial charge >= 0.3 is 0 Å². The summed E-state index contributed by atoms with van der Waals surface area (Å²) < 4.78 is 34.7. The molecule has 0 unspecified atom stereocenters. The highest BCUT2D eigenvalue weighted by atomic mass is 32.2. The molecule has 0 saturated heterocycles. The normalized spacial score (nSPS) is 15.1. The molecule has 0 N–H and O–H groups in total. The van der Waals surface area contributed by atoms with Gasteiger partial charge in [0.1, 0.15) is 12.0 Å². The van der Waals surface area contributed by atoms with Crippen LogP contribution < -0.4 is 0 Å². The molecule has 2 aromatic rings. The average Bonchev–Trinajstić information content (AvgIpc) is 3.23. The van der Waals surface area contributed by atoms with E-state index >= 15 is 0 Å². The Morgan fingerprint density at radius 2 is 2.14 bits per heavy atom. The van der Waals surface area contributed by atoms with Gasteiger partial charge in [-0.25, -0.2) is 8.42 Å². The van der Waals surface area contributed by atoms with Crippen molar-refractivity contribution in [1.82, 2.24) is 5.16 Å². The molecule has 1 aromatic heterocycles. The van der Waals surface area contributed by atoms with Gasteiger partial charge in [-0.3, -0.25) is 0 Å². The van der Waals surface area contributed by atoms with Gasteiger partial charge in [0.05, 0.1) is 18.1 Å². The van der Waals surface area contributed by atoms with Crippen LogP contribution in [-0.2, 0) is 32.7 Å². The molecular weight excluding hydrogens is 302 g/mol. The first-order valence-corrected chi connectivity index (χ1v) is 9.10. The molecule has 118 valence electrons. The summed E-state index contributed by atoms with van der Waals surface area (Å²) in [5, 5.41) is 3.78. The lowest BCUT2D eigenvalue weighted by Gasteiger charge is -2.06. The number of hydrogen-bond donors (Lipinski definition) is 0. The number of methoxy groups -OCH3 is 1. The highest BCUT2D eigenvalue weighted by Gasteiger charge is 2.24. The Morgan fingerprint density at radius 1 is 1.32 bits per heavy atom. The molecule has 0 radical (unpaired) electrons. The van der Waals surface area contributed by atoms with Crippen LogP contribution in [0.5, 0.6) is 0 Å². The van der Waals surface area contributed by atoms with Gasteiger partial charge in [0.2, 0.25) is 0 Å². The third kappa shape index (κ3) is 3.75. The van der Waals surface area contributed by atoms with Crippen molar-refractivity contribution in [3.63, 3.8) is 0 Å². The van der Waals surface area contributed by atoms with Crippen LogP contribution >= 0.6 is 0 Å². The Labute approximate surface area is 130 Å². The van der Waals surface area contributed by atoms with Gasteiger partial charge < -0.3 is 9.26 Å². The lowest BCUT2D eigenvalue weighted by atomic mass is 10.1. The molecule has 22 heavy (non-hydrogen) atoms. The van der Waals surface area contributed by atoms with Crippen molar-refractivity contribution in [2.24, 2.45) is 0 Å². The highest BCUT2D eigenvalue weighted by Crippen LogP contribution is 2.40. The van der Waals surface area contributed by atoms with E-state index in [1.165, 1.54) is 31.8 Å². The Bertz CT molecular complexity index is 747. The van der Waals surface area contributed by atoms with E-state index in [0.717, 1.165) is 5.56 Å². The first-order valence-electron chi connectivity index (χ1n) is 7.28. The summed E-state index contributed by atoms with van der Waals surface area (Å²) in [6.45, 7) is 0.249. The molecule has 0 atom stereocenters. The Morgan fingerprint density at radius 3 is 2.86 bits per heavy atom. The maximum atomic E-state index is 12.4. The van der Waals surface area contributed by atoms with Crippen molar-refractivity contribution in [2.75, 3.05) is 7.11 Å². The minimum Gasteiger partial charge on any atom is -0.378 e. The number of hydrogen-bond acceptors (Lipinski definition) is 5. The Hall–Kier alpha value is -1.66. The van der Waals surface area contributed by atoms with E-state index in [2.05, 4.69) is 11.2 Å². The Balaban J connectivity index is 1.73. The van der Waals surface area contributed by atoms with Gasteiger partial charge in [0, 0.05) is 12.7 Å². The average molecular weight is 321 g/mol. The summed E-state index contributed by atoms with van der Waals surface area (Å²) in [5.74, 6) is 0.572. The molecular formula is C16H19NO4S. The van der Waals surface area contributed by atoms with Gasteiger partial charge in [-0.15, -0.1) is 0 Å². The van der Waals surface area contributed by atoms with E-state index in [0.29, 0.717) is 17.2 Å². The summed E-state index contributed by atoms with van der Waals surface area (Å²) in [4.78, 5) is 0. The van der Waals surface area contributed by atoms with Crippen molar-refractivity contribution < 1.29 is 17.7 Å². The van der Waals surface area contributed by atoms with E-state index in [9.17, 15) is 8.42 Å². The van der Waals surface area contributed by atoms with E-state index < -0.39 is 9.84 Å². The maximum Gasteiger partial charge on any atom is 0.158 e. The van der Waals surface area contributed by atoms with Gasteiger partial charge in [0.25, 0.3) is 0 Å². The van der Waals surface area contributed by atoms with Crippen LogP contribution in [0, 0.1) is 0 Å². The zero-order valence-electron chi connectivity index (χ0n) is 12.5. The van der Waals surface area contributed by atoms with Gasteiger partial charge in [0.15, 0.2) is 9.84 Å². The fourth-order valence-electron chi connectivity index (χ4n) is 2.55. The van der Waals surface area contributed by atoms with Crippen LogP contribution in [0.4, 0.5) is 0 Å². The largest absolute Gasteiger partial charge is 0.378 e. The third-order valence-electron chi connectivity index (χ3n) is 3.77. The molecule has 1 heterocycles. The maximum absolute atomic E-state index is 12.4. The van der Waals surface area contributed by atoms with Crippen molar-refractivity contribution >= 4 is 9.84 Å². The molecule has 0 amide bonds. The fourth-order valence-corrected chi connectivity index (χ4v) is 4.05. The lowest BCUT2D eigenvalue weighted by Crippen LogP contribution is -2.09. The summed E-state index contributed by atoms with van der Waals surface area (Å²) in [6.07, 6.45) is 3.79. The number of aromatic nitrogens is 1. The zero-order chi connectivity index (χ0) is 15.6. The smallest absolute Gasteiger partial charge is 0.158 e. The van der Waals surface area contributed by atoms with Crippen LogP contribution in [0.3, 0.4) is 0 Å². The number of benzene rings is 1. The van der Waals surface area contributed by atoms with Crippen molar-refractivity contribution in [3.8, 4) is 0 Å². The van der Waals surface area contributed by atoms with Crippen molar-refractivity contribution in [1.29, 1.82) is 0 Å². The van der Waals surface area contributed by atoms with E-state index in [1.807, 2.05) is 18.2 Å². The van der Waals surface area contributed by atoms with Gasteiger partial charge in [-0.1, -0.05) is 29.4 Å². The summed E-state index contributed by atoms with van der Waals surface area (Å²) in [5.41, 5.74) is 3.20. The zero-order valence-corrected chi connectivity index (χ0v) is 13.3. The van der Waals surface area contributed by atoms with E-state index in [-0.39, 0.29) is 18.1 Å². The second kappa shape index (κ2) is 6.22. The Kier molecular flexibility index (Phi) is 4.31. The highest BCUT2D eigenvalue weighted by molar-refractivity contribution is 7.89. The number of sulfone groups is 1. The lowest BCUT2D eigenvalue weighted by molar-refractivity contribution is 0.177. The summed E-state index contributed by atoms with van der Waals surface area (Å²) >= 11 is 0. The van der Waals surface area contributed by atoms with Crippen LogP contribution in [0.25, 0.3) is 0 Å². The number of nitrogens with zero attached hydrogens (tertiary/aromatic N) is 1. The van der Waals surface area contributed by atoms with Crippen molar-refractivity contribution in [3.05, 3.63) is 52.9 Å². The van der Waals surface area contributed by atoms with Crippen molar-refractivity contribution in [2.45, 2.75) is 36.9 Å². The van der Waals surface area contributed by atoms with Crippen LogP contribution in [0.1, 0.15) is 41.1 Å². The molecule has 1 aromatic carbocycles. The fraction of sp³-hybridized carbons (Fsp3) is 0.438. The summed E-state index contributed by atoms with van der Waals surface area (Å²) in [6, 6.07) is 7.89. The molecule has 0 bridgehead atoms. The first-order chi connectivity index (χ1) is 10.6. The second-order valence-electron chi connectivity index (χ2n) is 5.77. The number of ether oxygens (including phenoxy) is 1. The quantitative estimate of drug-likeness (QED) is 0.784. The topological polar surface area (TPSA) is 69.4 Å². The standard InChI is InChI=1S/C16H19NO4S/c1-20-9-16-15(8-21-17-16)11-22(18,19)10-12-3-2-4-14(7-12)13-5-6-13/h2-4,7-8,13H,5-6,9-11H2,1H3. The molecule has 1 aliphatic carbocycles. The molecule has 1 fully saturated rings.